The molecule has 0 N–H and O–H groups in total. The van der Waals surface area contributed by atoms with E-state index >= 15 is 0 Å². The molecule has 1 aromatic rings. The van der Waals surface area contributed by atoms with Gasteiger partial charge in [0.25, 0.3) is 0 Å². The van der Waals surface area contributed by atoms with Crippen molar-refractivity contribution in [2.45, 2.75) is 32.3 Å². The predicted octanol–water partition coefficient (Wildman–Crippen LogP) is 3.19. The summed E-state index contributed by atoms with van der Waals surface area (Å²) >= 11 is 0. The fraction of sp³-hybridized carbons (Fsp3) is 0.455. The maximum absolute atomic E-state index is 2.90. The highest BCUT2D eigenvalue weighted by atomic mass is 31.0. The molecule has 0 aliphatic heterocycles. The Morgan fingerprint density at radius 3 is 2.75 bits per heavy atom. The van der Waals surface area contributed by atoms with Crippen LogP contribution >= 0.6 is 9.24 Å². The summed E-state index contributed by atoms with van der Waals surface area (Å²) in [5.41, 5.74) is 3.55. The first-order valence-corrected chi connectivity index (χ1v) is 5.20. The Balaban J connectivity index is 2.63. The Morgan fingerprint density at radius 2 is 2.17 bits per heavy atom. The molecule has 2 atom stereocenters. The Bertz CT molecular complexity index is 243. The van der Waals surface area contributed by atoms with Gasteiger partial charge in [0.2, 0.25) is 0 Å². The second kappa shape index (κ2) is 4.62. The van der Waals surface area contributed by atoms with Crippen LogP contribution in [0.4, 0.5) is 0 Å². The van der Waals surface area contributed by atoms with E-state index in [9.17, 15) is 0 Å². The van der Waals surface area contributed by atoms with Crippen LogP contribution in [0.5, 0.6) is 0 Å². The van der Waals surface area contributed by atoms with E-state index in [2.05, 4.69) is 47.4 Å². The zero-order chi connectivity index (χ0) is 8.97. The Hall–Kier alpha value is -0.350. The van der Waals surface area contributed by atoms with Gasteiger partial charge in [-0.05, 0) is 31.0 Å². The Morgan fingerprint density at radius 1 is 1.42 bits per heavy atom. The van der Waals surface area contributed by atoms with Gasteiger partial charge < -0.3 is 0 Å². The van der Waals surface area contributed by atoms with E-state index in [1.165, 1.54) is 24.0 Å². The number of hydrogen-bond acceptors (Lipinski definition) is 0. The highest BCUT2D eigenvalue weighted by Crippen LogP contribution is 2.13. The molecule has 0 spiro atoms. The zero-order valence-corrected chi connectivity index (χ0v) is 9.03. The molecule has 0 fully saturated rings. The fourth-order valence-corrected chi connectivity index (χ4v) is 1.56. The average Bonchev–Trinajstić information content (AvgIpc) is 2.04. The first kappa shape index (κ1) is 9.74. The van der Waals surface area contributed by atoms with Crippen LogP contribution in [-0.4, -0.2) is 5.66 Å². The van der Waals surface area contributed by atoms with Crippen molar-refractivity contribution < 1.29 is 0 Å². The molecule has 0 saturated carbocycles. The van der Waals surface area contributed by atoms with Crippen molar-refractivity contribution in [2.75, 3.05) is 0 Å². The molecular weight excluding hydrogens is 163 g/mol. The third-order valence-corrected chi connectivity index (χ3v) is 2.81. The lowest BCUT2D eigenvalue weighted by atomic mass is 10.1. The van der Waals surface area contributed by atoms with Crippen LogP contribution in [-0.2, 0) is 6.42 Å². The van der Waals surface area contributed by atoms with Gasteiger partial charge in [-0.2, -0.15) is 0 Å². The fourth-order valence-electron chi connectivity index (χ4n) is 1.29. The number of benzene rings is 1. The van der Waals surface area contributed by atoms with Crippen molar-refractivity contribution in [3.05, 3.63) is 35.4 Å². The molecule has 2 unspecified atom stereocenters. The summed E-state index contributed by atoms with van der Waals surface area (Å²) in [7, 11) is 2.90. The van der Waals surface area contributed by atoms with Crippen molar-refractivity contribution >= 4 is 9.24 Å². The molecule has 0 bridgehead atoms. The summed E-state index contributed by atoms with van der Waals surface area (Å²) in [5.74, 6) is 0. The molecular formula is C11H17P. The van der Waals surface area contributed by atoms with E-state index in [1.54, 1.807) is 0 Å². The molecule has 0 radical (unpaired) electrons. The zero-order valence-electron chi connectivity index (χ0n) is 7.88. The quantitative estimate of drug-likeness (QED) is 0.627. The van der Waals surface area contributed by atoms with E-state index in [1.807, 2.05) is 0 Å². The van der Waals surface area contributed by atoms with Crippen molar-refractivity contribution in [1.29, 1.82) is 0 Å². The van der Waals surface area contributed by atoms with Gasteiger partial charge in [0.05, 0.1) is 0 Å². The minimum atomic E-state index is 0.729. The highest BCUT2D eigenvalue weighted by Gasteiger charge is 2.00. The summed E-state index contributed by atoms with van der Waals surface area (Å²) < 4.78 is 0. The molecule has 0 aliphatic rings. The molecule has 1 heteroatoms. The molecule has 0 aromatic heterocycles. The van der Waals surface area contributed by atoms with E-state index < -0.39 is 0 Å². The molecule has 0 heterocycles. The molecule has 0 nitrogen and oxygen atoms in total. The normalized spacial score (nSPS) is 12.9. The standard InChI is InChI=1S/C11H17P/c1-3-11(12)8-10-6-4-5-9(2)7-10/h4-7,11H,3,8,12H2,1-2H3. The molecule has 66 valence electrons. The van der Waals surface area contributed by atoms with Gasteiger partial charge in [-0.25, -0.2) is 0 Å². The SMILES string of the molecule is CCC(P)Cc1cccc(C)c1. The summed E-state index contributed by atoms with van der Waals surface area (Å²) in [4.78, 5) is 0. The van der Waals surface area contributed by atoms with E-state index in [0.717, 1.165) is 5.66 Å². The first-order valence-electron chi connectivity index (χ1n) is 4.53. The summed E-state index contributed by atoms with van der Waals surface area (Å²) in [6.07, 6.45) is 2.42. The van der Waals surface area contributed by atoms with Crippen LogP contribution in [0.2, 0.25) is 0 Å². The monoisotopic (exact) mass is 180 g/mol. The van der Waals surface area contributed by atoms with Crippen molar-refractivity contribution in [1.82, 2.24) is 0 Å². The minimum absolute atomic E-state index is 0.729. The topological polar surface area (TPSA) is 0 Å². The van der Waals surface area contributed by atoms with Crippen LogP contribution in [0, 0.1) is 6.92 Å². The second-order valence-electron chi connectivity index (χ2n) is 3.36. The van der Waals surface area contributed by atoms with Crippen LogP contribution in [0.25, 0.3) is 0 Å². The van der Waals surface area contributed by atoms with Gasteiger partial charge in [-0.15, -0.1) is 9.24 Å². The van der Waals surface area contributed by atoms with Crippen molar-refractivity contribution in [2.24, 2.45) is 0 Å². The highest BCUT2D eigenvalue weighted by molar-refractivity contribution is 7.17. The number of rotatable bonds is 3. The lowest BCUT2D eigenvalue weighted by Crippen LogP contribution is -2.00. The van der Waals surface area contributed by atoms with Crippen molar-refractivity contribution in [3.63, 3.8) is 0 Å². The van der Waals surface area contributed by atoms with Gasteiger partial charge >= 0.3 is 0 Å². The maximum atomic E-state index is 2.90. The molecule has 1 aromatic carbocycles. The second-order valence-corrected chi connectivity index (χ2v) is 4.30. The Kier molecular flexibility index (Phi) is 3.75. The molecule has 0 aliphatic carbocycles. The van der Waals surface area contributed by atoms with Crippen LogP contribution < -0.4 is 0 Å². The van der Waals surface area contributed by atoms with Crippen LogP contribution in [0.1, 0.15) is 24.5 Å². The summed E-state index contributed by atoms with van der Waals surface area (Å²) in [6, 6.07) is 8.76. The van der Waals surface area contributed by atoms with Gasteiger partial charge in [0.15, 0.2) is 0 Å². The smallest absolute Gasteiger partial charge is 0.0216 e. The maximum Gasteiger partial charge on any atom is -0.0216 e. The lowest BCUT2D eigenvalue weighted by molar-refractivity contribution is 0.816. The first-order chi connectivity index (χ1) is 5.72. The molecule has 0 amide bonds. The largest absolute Gasteiger partial charge is 0.134 e. The summed E-state index contributed by atoms with van der Waals surface area (Å²) in [5, 5.41) is 0. The number of aryl methyl sites for hydroxylation is 1. The number of hydrogen-bond donors (Lipinski definition) is 0. The van der Waals surface area contributed by atoms with E-state index in [-0.39, 0.29) is 0 Å². The molecule has 12 heavy (non-hydrogen) atoms. The van der Waals surface area contributed by atoms with Gasteiger partial charge in [0.1, 0.15) is 0 Å². The minimum Gasteiger partial charge on any atom is -0.134 e. The Labute approximate surface area is 77.6 Å². The molecule has 1 rings (SSSR count). The average molecular weight is 180 g/mol. The third-order valence-electron chi connectivity index (χ3n) is 2.10. The summed E-state index contributed by atoms with van der Waals surface area (Å²) in [6.45, 7) is 4.38. The van der Waals surface area contributed by atoms with Gasteiger partial charge in [0, 0.05) is 0 Å². The van der Waals surface area contributed by atoms with Gasteiger partial charge in [-0.1, -0.05) is 36.8 Å². The third kappa shape index (κ3) is 2.95. The van der Waals surface area contributed by atoms with E-state index in [4.69, 9.17) is 0 Å². The van der Waals surface area contributed by atoms with E-state index in [0.29, 0.717) is 0 Å². The van der Waals surface area contributed by atoms with Crippen LogP contribution in [0.3, 0.4) is 0 Å². The van der Waals surface area contributed by atoms with Gasteiger partial charge in [-0.3, -0.25) is 0 Å². The lowest BCUT2D eigenvalue weighted by Gasteiger charge is -2.08. The predicted molar refractivity (Wildman–Crippen MR) is 58.7 cm³/mol. The van der Waals surface area contributed by atoms with Crippen molar-refractivity contribution in [3.8, 4) is 0 Å². The van der Waals surface area contributed by atoms with Crippen LogP contribution in [0.15, 0.2) is 24.3 Å². The molecule has 0 saturated heterocycles.